The zero-order valence-electron chi connectivity index (χ0n) is 10.00. The van der Waals surface area contributed by atoms with Crippen LogP contribution in [0.1, 0.15) is 24.2 Å². The predicted octanol–water partition coefficient (Wildman–Crippen LogP) is 2.67. The van der Waals surface area contributed by atoms with Crippen molar-refractivity contribution >= 4 is 35.1 Å². The molecule has 0 aliphatic carbocycles. The van der Waals surface area contributed by atoms with Gasteiger partial charge in [-0.2, -0.15) is 0 Å². The highest BCUT2D eigenvalue weighted by molar-refractivity contribution is 6.35. The molecule has 4 nitrogen and oxygen atoms in total. The highest BCUT2D eigenvalue weighted by atomic mass is 35.5. The number of carbonyl (C=O) groups excluding carboxylic acids is 2. The molecule has 0 unspecified atom stereocenters. The Balaban J connectivity index is 2.64. The standard InChI is InChI=1S/C12H13Cl2NO3/c1-7(6-15-8(2)16)18-12(17)10-5-9(13)3-4-11(10)14/h3-5,7H,6H2,1-2H3,(H,15,16)/t7-/m0/s1. The van der Waals surface area contributed by atoms with Crippen LogP contribution in [0.2, 0.25) is 10.0 Å². The Labute approximate surface area is 115 Å². The van der Waals surface area contributed by atoms with E-state index < -0.39 is 12.1 Å². The van der Waals surface area contributed by atoms with E-state index in [0.717, 1.165) is 0 Å². The van der Waals surface area contributed by atoms with Crippen LogP contribution in [-0.4, -0.2) is 24.5 Å². The molecule has 98 valence electrons. The number of hydrogen-bond donors (Lipinski definition) is 1. The van der Waals surface area contributed by atoms with Crippen LogP contribution in [0.4, 0.5) is 0 Å². The second kappa shape index (κ2) is 6.61. The lowest BCUT2D eigenvalue weighted by molar-refractivity contribution is -0.119. The summed E-state index contributed by atoms with van der Waals surface area (Å²) in [5, 5.41) is 3.23. The minimum absolute atomic E-state index is 0.182. The van der Waals surface area contributed by atoms with Crippen LogP contribution in [0, 0.1) is 0 Å². The third-order valence-electron chi connectivity index (χ3n) is 2.10. The number of esters is 1. The summed E-state index contributed by atoms with van der Waals surface area (Å²) in [4.78, 5) is 22.5. The van der Waals surface area contributed by atoms with Crippen LogP contribution in [0.25, 0.3) is 0 Å². The molecule has 0 aliphatic heterocycles. The van der Waals surface area contributed by atoms with Crippen molar-refractivity contribution in [3.8, 4) is 0 Å². The van der Waals surface area contributed by atoms with E-state index in [1.807, 2.05) is 0 Å². The van der Waals surface area contributed by atoms with Crippen LogP contribution in [0.5, 0.6) is 0 Å². The van der Waals surface area contributed by atoms with Crippen LogP contribution in [-0.2, 0) is 9.53 Å². The van der Waals surface area contributed by atoms with E-state index in [9.17, 15) is 9.59 Å². The molecule has 1 aromatic rings. The molecule has 0 aromatic heterocycles. The minimum Gasteiger partial charge on any atom is -0.457 e. The van der Waals surface area contributed by atoms with E-state index in [-0.39, 0.29) is 23.0 Å². The molecular weight excluding hydrogens is 277 g/mol. The molecule has 0 heterocycles. The van der Waals surface area contributed by atoms with Crippen LogP contribution in [0.15, 0.2) is 18.2 Å². The molecule has 0 bridgehead atoms. The maximum atomic E-state index is 11.8. The molecule has 0 saturated heterocycles. The van der Waals surface area contributed by atoms with Gasteiger partial charge in [-0.3, -0.25) is 4.79 Å². The van der Waals surface area contributed by atoms with Gasteiger partial charge in [-0.25, -0.2) is 4.79 Å². The molecule has 6 heteroatoms. The molecule has 1 amide bonds. The minimum atomic E-state index is -0.569. The van der Waals surface area contributed by atoms with E-state index in [1.54, 1.807) is 13.0 Å². The number of amides is 1. The number of halogens is 2. The molecule has 1 atom stereocenters. The van der Waals surface area contributed by atoms with E-state index in [0.29, 0.717) is 5.02 Å². The zero-order valence-corrected chi connectivity index (χ0v) is 11.5. The number of nitrogens with one attached hydrogen (secondary N) is 1. The van der Waals surface area contributed by atoms with Gasteiger partial charge in [-0.15, -0.1) is 0 Å². The summed E-state index contributed by atoms with van der Waals surface area (Å²) in [5.74, 6) is -0.751. The van der Waals surface area contributed by atoms with Gasteiger partial charge in [-0.05, 0) is 25.1 Å². The first-order valence-electron chi connectivity index (χ1n) is 5.30. The molecule has 0 saturated carbocycles. The average Bonchev–Trinajstić information content (AvgIpc) is 2.29. The van der Waals surface area contributed by atoms with Crippen molar-refractivity contribution in [3.63, 3.8) is 0 Å². The van der Waals surface area contributed by atoms with Crippen molar-refractivity contribution in [2.45, 2.75) is 20.0 Å². The molecule has 1 N–H and O–H groups in total. The maximum absolute atomic E-state index is 11.8. The van der Waals surface area contributed by atoms with Crippen molar-refractivity contribution < 1.29 is 14.3 Å². The van der Waals surface area contributed by atoms with Crippen molar-refractivity contribution in [2.75, 3.05) is 6.54 Å². The molecule has 0 radical (unpaired) electrons. The number of rotatable bonds is 4. The Kier molecular flexibility index (Phi) is 5.44. The van der Waals surface area contributed by atoms with Gasteiger partial charge < -0.3 is 10.1 Å². The Bertz CT molecular complexity index is 463. The highest BCUT2D eigenvalue weighted by Gasteiger charge is 2.15. The first-order valence-corrected chi connectivity index (χ1v) is 6.06. The summed E-state index contributed by atoms with van der Waals surface area (Å²) in [7, 11) is 0. The van der Waals surface area contributed by atoms with Gasteiger partial charge in [0.1, 0.15) is 6.10 Å². The van der Waals surface area contributed by atoms with Crippen molar-refractivity contribution in [1.82, 2.24) is 5.32 Å². The van der Waals surface area contributed by atoms with Crippen molar-refractivity contribution in [3.05, 3.63) is 33.8 Å². The van der Waals surface area contributed by atoms with Gasteiger partial charge in [0.15, 0.2) is 0 Å². The van der Waals surface area contributed by atoms with Crippen molar-refractivity contribution in [1.29, 1.82) is 0 Å². The van der Waals surface area contributed by atoms with E-state index >= 15 is 0 Å². The smallest absolute Gasteiger partial charge is 0.340 e. The number of ether oxygens (including phenoxy) is 1. The Morgan fingerprint density at radius 2 is 2.06 bits per heavy atom. The Hall–Kier alpha value is -1.26. The van der Waals surface area contributed by atoms with E-state index in [4.69, 9.17) is 27.9 Å². The first-order chi connectivity index (χ1) is 8.40. The third-order valence-corrected chi connectivity index (χ3v) is 2.66. The summed E-state index contributed by atoms with van der Waals surface area (Å²) in [6.07, 6.45) is -0.448. The largest absolute Gasteiger partial charge is 0.457 e. The monoisotopic (exact) mass is 289 g/mol. The van der Waals surface area contributed by atoms with Gasteiger partial charge in [-0.1, -0.05) is 23.2 Å². The zero-order chi connectivity index (χ0) is 13.7. The fourth-order valence-corrected chi connectivity index (χ4v) is 1.60. The third kappa shape index (κ3) is 4.55. The molecule has 0 fully saturated rings. The Morgan fingerprint density at radius 1 is 1.39 bits per heavy atom. The van der Waals surface area contributed by atoms with Crippen LogP contribution < -0.4 is 5.32 Å². The number of hydrogen-bond acceptors (Lipinski definition) is 3. The fourth-order valence-electron chi connectivity index (χ4n) is 1.23. The van der Waals surface area contributed by atoms with Gasteiger partial charge in [0, 0.05) is 11.9 Å². The second-order valence-electron chi connectivity index (χ2n) is 3.78. The van der Waals surface area contributed by atoms with Gasteiger partial charge in [0.2, 0.25) is 5.91 Å². The SMILES string of the molecule is CC(=O)NC[C@H](C)OC(=O)c1cc(Cl)ccc1Cl. The fraction of sp³-hybridized carbons (Fsp3) is 0.333. The predicted molar refractivity (Wildman–Crippen MR) is 70.0 cm³/mol. The molecule has 18 heavy (non-hydrogen) atoms. The van der Waals surface area contributed by atoms with Crippen molar-refractivity contribution in [2.24, 2.45) is 0 Å². The summed E-state index contributed by atoms with van der Waals surface area (Å²) < 4.78 is 5.13. The number of benzene rings is 1. The molecule has 0 spiro atoms. The summed E-state index contributed by atoms with van der Waals surface area (Å²) in [6, 6.07) is 4.55. The average molecular weight is 290 g/mol. The lowest BCUT2D eigenvalue weighted by atomic mass is 10.2. The second-order valence-corrected chi connectivity index (χ2v) is 4.62. The Morgan fingerprint density at radius 3 is 2.67 bits per heavy atom. The molecular formula is C12H13Cl2NO3. The van der Waals surface area contributed by atoms with Gasteiger partial charge in [0.05, 0.1) is 17.1 Å². The quantitative estimate of drug-likeness (QED) is 0.867. The highest BCUT2D eigenvalue weighted by Crippen LogP contribution is 2.21. The van der Waals surface area contributed by atoms with E-state index in [1.165, 1.54) is 19.1 Å². The maximum Gasteiger partial charge on any atom is 0.340 e. The molecule has 0 aliphatic rings. The normalized spacial score (nSPS) is 11.8. The van der Waals surface area contributed by atoms with E-state index in [2.05, 4.69) is 5.32 Å². The topological polar surface area (TPSA) is 55.4 Å². The summed E-state index contributed by atoms with van der Waals surface area (Å²) >= 11 is 11.6. The summed E-state index contributed by atoms with van der Waals surface area (Å²) in [5.41, 5.74) is 0.207. The lowest BCUT2D eigenvalue weighted by Gasteiger charge is -2.14. The molecule has 1 aromatic carbocycles. The number of carbonyl (C=O) groups is 2. The lowest BCUT2D eigenvalue weighted by Crippen LogP contribution is -2.31. The first kappa shape index (κ1) is 14.8. The van der Waals surface area contributed by atoms with Gasteiger partial charge in [0.25, 0.3) is 0 Å². The van der Waals surface area contributed by atoms with Crippen LogP contribution in [0.3, 0.4) is 0 Å². The summed E-state index contributed by atoms with van der Waals surface area (Å²) in [6.45, 7) is 3.31. The van der Waals surface area contributed by atoms with Crippen LogP contribution >= 0.6 is 23.2 Å². The molecule has 1 rings (SSSR count). The van der Waals surface area contributed by atoms with Gasteiger partial charge >= 0.3 is 5.97 Å².